The lowest BCUT2D eigenvalue weighted by molar-refractivity contribution is -0.120. The molecule has 2 aliphatic heterocycles. The molecule has 2 saturated heterocycles. The molecular formula is C22H29F2N5O4. The third kappa shape index (κ3) is 6.17. The average molecular weight is 466 g/mol. The van der Waals surface area contributed by atoms with Crippen molar-refractivity contribution in [2.45, 2.75) is 51.6 Å². The Hall–Kier alpha value is -3.24. The van der Waals surface area contributed by atoms with Crippen molar-refractivity contribution in [3.05, 3.63) is 24.3 Å². The van der Waals surface area contributed by atoms with Crippen LogP contribution >= 0.6 is 0 Å². The number of urea groups is 1. The van der Waals surface area contributed by atoms with Crippen molar-refractivity contribution < 1.29 is 27.9 Å². The Kier molecular flexibility index (Phi) is 6.89. The molecule has 0 radical (unpaired) electrons. The first kappa shape index (κ1) is 24.4. The first-order chi connectivity index (χ1) is 15.4. The largest absolute Gasteiger partial charge is 0.444 e. The first-order valence-corrected chi connectivity index (χ1v) is 10.8. The molecule has 0 spiro atoms. The summed E-state index contributed by atoms with van der Waals surface area (Å²) < 4.78 is 32.8. The molecule has 0 unspecified atom stereocenters. The van der Waals surface area contributed by atoms with Gasteiger partial charge in [0.25, 0.3) is 5.92 Å². The number of benzene rings is 1. The van der Waals surface area contributed by atoms with E-state index >= 15 is 0 Å². The topological polar surface area (TPSA) is 96.8 Å². The molecule has 33 heavy (non-hydrogen) atoms. The second-order valence-corrected chi connectivity index (χ2v) is 9.08. The maximum atomic E-state index is 13.0. The van der Waals surface area contributed by atoms with Crippen molar-refractivity contribution in [2.75, 3.05) is 24.5 Å². The number of nitrogens with one attached hydrogen (secondary N) is 1. The number of rotatable bonds is 1. The van der Waals surface area contributed by atoms with Gasteiger partial charge in [0.1, 0.15) is 5.60 Å². The maximum Gasteiger partial charge on any atom is 0.410 e. The van der Waals surface area contributed by atoms with E-state index in [9.17, 15) is 23.2 Å². The molecular weight excluding hydrogens is 436 g/mol. The van der Waals surface area contributed by atoms with Crippen LogP contribution in [-0.2, 0) is 16.6 Å². The van der Waals surface area contributed by atoms with Gasteiger partial charge in [-0.1, -0.05) is 12.1 Å². The number of nitrogens with zero attached hydrogens (tertiary/aromatic N) is 4. The number of hydrogen-bond donors (Lipinski definition) is 1. The quantitative estimate of drug-likeness (QED) is 0.693. The number of para-hydroxylation sites is 1. The van der Waals surface area contributed by atoms with Gasteiger partial charge in [0.2, 0.25) is 5.91 Å². The van der Waals surface area contributed by atoms with Crippen molar-refractivity contribution in [3.63, 3.8) is 0 Å². The van der Waals surface area contributed by atoms with Crippen LogP contribution in [0.3, 0.4) is 0 Å². The van der Waals surface area contributed by atoms with Crippen LogP contribution < -0.4 is 10.2 Å². The monoisotopic (exact) mass is 465 g/mol. The Morgan fingerprint density at radius 1 is 1.18 bits per heavy atom. The zero-order chi connectivity index (χ0) is 24.4. The van der Waals surface area contributed by atoms with Gasteiger partial charge in [0.15, 0.2) is 5.82 Å². The second kappa shape index (κ2) is 9.32. The molecule has 2 fully saturated rings. The van der Waals surface area contributed by atoms with E-state index in [2.05, 4.69) is 10.4 Å². The summed E-state index contributed by atoms with van der Waals surface area (Å²) in [5.74, 6) is -2.41. The highest BCUT2D eigenvalue weighted by atomic mass is 19.3. The van der Waals surface area contributed by atoms with Gasteiger partial charge in [-0.05, 0) is 39.3 Å². The number of imide groups is 1. The minimum Gasteiger partial charge on any atom is -0.444 e. The summed E-state index contributed by atoms with van der Waals surface area (Å²) in [7, 11) is 1.83. The number of amides is 4. The number of fused-ring (bicyclic) bond motifs is 1. The normalized spacial score (nSPS) is 18.5. The van der Waals surface area contributed by atoms with Gasteiger partial charge in [0.05, 0.1) is 12.1 Å². The molecule has 1 aromatic carbocycles. The molecule has 11 heteroatoms. The van der Waals surface area contributed by atoms with Gasteiger partial charge in [-0.25, -0.2) is 18.4 Å². The lowest BCUT2D eigenvalue weighted by Crippen LogP contribution is -2.49. The number of alkyl halides is 2. The summed E-state index contributed by atoms with van der Waals surface area (Å²) in [6.07, 6.45) is -0.170. The van der Waals surface area contributed by atoms with E-state index in [1.54, 1.807) is 25.5 Å². The highest BCUT2D eigenvalue weighted by Crippen LogP contribution is 2.28. The fourth-order valence-corrected chi connectivity index (χ4v) is 3.61. The molecule has 1 aromatic heterocycles. The summed E-state index contributed by atoms with van der Waals surface area (Å²) in [6, 6.07) is 7.28. The van der Waals surface area contributed by atoms with Gasteiger partial charge in [-0.2, -0.15) is 5.10 Å². The van der Waals surface area contributed by atoms with Gasteiger partial charge >= 0.3 is 12.1 Å². The molecule has 4 amide bonds. The average Bonchev–Trinajstić information content (AvgIpc) is 3.03. The van der Waals surface area contributed by atoms with Crippen molar-refractivity contribution in [1.82, 2.24) is 20.0 Å². The number of aromatic nitrogens is 2. The van der Waals surface area contributed by atoms with E-state index in [0.29, 0.717) is 31.7 Å². The molecule has 0 atom stereocenters. The summed E-state index contributed by atoms with van der Waals surface area (Å²) >= 11 is 0. The number of ether oxygens (including phenoxy) is 1. The zero-order valence-electron chi connectivity index (χ0n) is 19.2. The number of anilines is 1. The minimum atomic E-state index is -2.77. The van der Waals surface area contributed by atoms with Gasteiger partial charge in [-0.3, -0.25) is 19.7 Å². The van der Waals surface area contributed by atoms with Crippen LogP contribution in [0.15, 0.2) is 24.3 Å². The Balaban J connectivity index is 0.000000190. The van der Waals surface area contributed by atoms with E-state index in [1.165, 1.54) is 4.90 Å². The number of hydrogen-bond acceptors (Lipinski definition) is 5. The molecule has 0 bridgehead atoms. The zero-order valence-corrected chi connectivity index (χ0v) is 19.2. The van der Waals surface area contributed by atoms with Crippen LogP contribution in [0, 0.1) is 0 Å². The summed E-state index contributed by atoms with van der Waals surface area (Å²) in [5.41, 5.74) is 0.321. The predicted molar refractivity (Wildman–Crippen MR) is 118 cm³/mol. The Morgan fingerprint density at radius 2 is 1.88 bits per heavy atom. The third-order valence-corrected chi connectivity index (χ3v) is 5.09. The van der Waals surface area contributed by atoms with Crippen LogP contribution in [-0.4, -0.2) is 63.9 Å². The molecule has 180 valence electrons. The van der Waals surface area contributed by atoms with Gasteiger partial charge in [-0.15, -0.1) is 0 Å². The van der Waals surface area contributed by atoms with E-state index < -0.39 is 30.2 Å². The molecule has 2 aliphatic rings. The van der Waals surface area contributed by atoms with E-state index in [1.807, 2.05) is 31.3 Å². The minimum absolute atomic E-state index is 0.147. The lowest BCUT2D eigenvalue weighted by atomic mass is 10.1. The molecule has 9 nitrogen and oxygen atoms in total. The summed E-state index contributed by atoms with van der Waals surface area (Å²) in [5, 5.41) is 7.57. The van der Waals surface area contributed by atoms with Crippen molar-refractivity contribution in [1.29, 1.82) is 0 Å². The highest BCUT2D eigenvalue weighted by molar-refractivity contribution is 6.08. The molecule has 4 rings (SSSR count). The Morgan fingerprint density at radius 3 is 2.52 bits per heavy atom. The molecule has 2 aromatic rings. The highest BCUT2D eigenvalue weighted by Gasteiger charge is 2.38. The number of piperidine rings is 1. The molecule has 3 heterocycles. The van der Waals surface area contributed by atoms with E-state index in [0.717, 1.165) is 15.8 Å². The fraction of sp³-hybridized carbons (Fsp3) is 0.545. The van der Waals surface area contributed by atoms with Crippen LogP contribution in [0.5, 0.6) is 0 Å². The summed E-state index contributed by atoms with van der Waals surface area (Å²) in [6.45, 7) is 5.34. The number of carbonyl (C=O) groups excluding carboxylic acids is 3. The maximum absolute atomic E-state index is 13.0. The molecule has 0 saturated carbocycles. The van der Waals surface area contributed by atoms with Gasteiger partial charge in [0, 0.05) is 38.4 Å². The lowest BCUT2D eigenvalue weighted by Gasteiger charge is -2.33. The number of halogens is 2. The smallest absolute Gasteiger partial charge is 0.410 e. The van der Waals surface area contributed by atoms with E-state index in [-0.39, 0.29) is 12.3 Å². The molecule has 1 N–H and O–H groups in total. The number of carbonyl (C=O) groups is 3. The van der Waals surface area contributed by atoms with Crippen LogP contribution in [0.25, 0.3) is 10.9 Å². The van der Waals surface area contributed by atoms with Crippen molar-refractivity contribution in [2.24, 2.45) is 7.05 Å². The van der Waals surface area contributed by atoms with Crippen LogP contribution in [0.2, 0.25) is 0 Å². The predicted octanol–water partition coefficient (Wildman–Crippen LogP) is 3.67. The Labute approximate surface area is 190 Å². The summed E-state index contributed by atoms with van der Waals surface area (Å²) in [4.78, 5) is 37.0. The third-order valence-electron chi connectivity index (χ3n) is 5.09. The van der Waals surface area contributed by atoms with Crippen molar-refractivity contribution >= 4 is 34.8 Å². The standard InChI is InChI=1S/C12H12N4O2.C10H17F2NO2/c1-15-9-5-3-2-4-8(9)11(14-15)16-7-6-10(17)13-12(16)18;1-9(2,3)15-8(14)13-6-4-5-10(11,12)7-13/h2-5H,6-7H2,1H3,(H,13,17,18);4-7H2,1-3H3. The first-order valence-electron chi connectivity index (χ1n) is 10.8. The number of aryl methyl sites for hydroxylation is 1. The Bertz CT molecular complexity index is 1050. The van der Waals surface area contributed by atoms with Crippen molar-refractivity contribution in [3.8, 4) is 0 Å². The SMILES string of the molecule is CC(C)(C)OC(=O)N1CCCC(F)(F)C1.Cn1nc(N2CCC(=O)NC2=O)c2ccccc21. The van der Waals surface area contributed by atoms with E-state index in [4.69, 9.17) is 4.74 Å². The fourth-order valence-electron chi connectivity index (χ4n) is 3.61. The second-order valence-electron chi connectivity index (χ2n) is 9.08. The van der Waals surface area contributed by atoms with Gasteiger partial charge < -0.3 is 9.64 Å². The van der Waals surface area contributed by atoms with Crippen LogP contribution in [0.4, 0.5) is 24.2 Å². The van der Waals surface area contributed by atoms with Crippen LogP contribution in [0.1, 0.15) is 40.0 Å². The molecule has 0 aliphatic carbocycles. The number of likely N-dealkylation sites (tertiary alicyclic amines) is 1.